The molecule has 0 radical (unpaired) electrons. The average molecular weight is 329 g/mol. The zero-order valence-electron chi connectivity index (χ0n) is 14.3. The summed E-state index contributed by atoms with van der Waals surface area (Å²) in [6.07, 6.45) is 10.4. The van der Waals surface area contributed by atoms with Gasteiger partial charge in [0.2, 0.25) is 5.91 Å². The van der Waals surface area contributed by atoms with Gasteiger partial charge >= 0.3 is 0 Å². The van der Waals surface area contributed by atoms with Crippen LogP contribution >= 0.6 is 0 Å². The van der Waals surface area contributed by atoms with Crippen LogP contribution in [0.25, 0.3) is 0 Å². The Hall–Kier alpha value is -1.78. The number of carbonyl (C=O) groups is 2. The van der Waals surface area contributed by atoms with Crippen molar-refractivity contribution in [2.75, 3.05) is 19.6 Å². The van der Waals surface area contributed by atoms with Gasteiger partial charge in [0.1, 0.15) is 5.69 Å². The normalized spacial score (nSPS) is 28.8. The van der Waals surface area contributed by atoms with E-state index in [4.69, 9.17) is 0 Å². The highest BCUT2D eigenvalue weighted by molar-refractivity contribution is 5.92. The maximum atomic E-state index is 12.7. The lowest BCUT2D eigenvalue weighted by atomic mass is 9.73. The molecule has 3 aliphatic rings. The monoisotopic (exact) mass is 329 g/mol. The van der Waals surface area contributed by atoms with E-state index in [0.29, 0.717) is 24.1 Å². The van der Waals surface area contributed by atoms with Gasteiger partial charge in [-0.25, -0.2) is 0 Å². The van der Waals surface area contributed by atoms with Crippen molar-refractivity contribution in [1.29, 1.82) is 0 Å². The molecule has 3 heterocycles. The number of rotatable bonds is 2. The summed E-state index contributed by atoms with van der Waals surface area (Å²) in [5, 5.41) is 0. The maximum absolute atomic E-state index is 12.7. The van der Waals surface area contributed by atoms with Crippen molar-refractivity contribution in [2.24, 2.45) is 5.41 Å². The fourth-order valence-corrected chi connectivity index (χ4v) is 4.94. The number of nitrogens with one attached hydrogen (secondary N) is 1. The largest absolute Gasteiger partial charge is 0.357 e. The summed E-state index contributed by atoms with van der Waals surface area (Å²) < 4.78 is 0. The molecule has 1 aromatic heterocycles. The molecule has 2 aliphatic heterocycles. The molecule has 130 valence electrons. The molecule has 4 rings (SSSR count). The predicted octanol–water partition coefficient (Wildman–Crippen LogP) is 2.80. The number of piperidine rings is 2. The molecule has 3 fully saturated rings. The van der Waals surface area contributed by atoms with Crippen molar-refractivity contribution >= 4 is 11.8 Å². The lowest BCUT2D eigenvalue weighted by Crippen LogP contribution is -2.56. The molecular weight excluding hydrogens is 302 g/mol. The van der Waals surface area contributed by atoms with E-state index in [1.54, 1.807) is 6.20 Å². The molecule has 1 N–H and O–H groups in total. The second-order valence-electron chi connectivity index (χ2n) is 7.87. The van der Waals surface area contributed by atoms with Gasteiger partial charge in [0, 0.05) is 43.7 Å². The third-order valence-corrected chi connectivity index (χ3v) is 6.24. The highest BCUT2D eigenvalue weighted by atomic mass is 16.2. The Labute approximate surface area is 143 Å². The molecule has 0 unspecified atom stereocenters. The number of carbonyl (C=O) groups excluding carboxylic acids is 2. The van der Waals surface area contributed by atoms with Crippen molar-refractivity contribution in [2.45, 2.75) is 57.4 Å². The van der Waals surface area contributed by atoms with E-state index in [-0.39, 0.29) is 11.3 Å². The van der Waals surface area contributed by atoms with E-state index in [0.717, 1.165) is 51.7 Å². The molecule has 1 atom stereocenters. The Kier molecular flexibility index (Phi) is 4.10. The number of hydrogen-bond donors (Lipinski definition) is 1. The molecular formula is C19H27N3O2. The summed E-state index contributed by atoms with van der Waals surface area (Å²) in [7, 11) is 0. The second-order valence-corrected chi connectivity index (χ2v) is 7.87. The third kappa shape index (κ3) is 2.85. The van der Waals surface area contributed by atoms with E-state index >= 15 is 0 Å². The van der Waals surface area contributed by atoms with Crippen LogP contribution in [-0.2, 0) is 4.79 Å². The van der Waals surface area contributed by atoms with Gasteiger partial charge in [-0.2, -0.15) is 0 Å². The fraction of sp³-hybridized carbons (Fsp3) is 0.684. The average Bonchev–Trinajstić information content (AvgIpc) is 3.30. The van der Waals surface area contributed by atoms with Crippen LogP contribution < -0.4 is 0 Å². The predicted molar refractivity (Wildman–Crippen MR) is 91.6 cm³/mol. The number of nitrogens with zero attached hydrogens (tertiary/aromatic N) is 2. The first kappa shape index (κ1) is 15.7. The van der Waals surface area contributed by atoms with Crippen molar-refractivity contribution in [3.63, 3.8) is 0 Å². The van der Waals surface area contributed by atoms with Gasteiger partial charge in [0.05, 0.1) is 0 Å². The molecule has 0 aromatic carbocycles. The first-order valence-electron chi connectivity index (χ1n) is 9.39. The van der Waals surface area contributed by atoms with Crippen LogP contribution in [0.15, 0.2) is 18.3 Å². The minimum absolute atomic E-state index is 0.100. The first-order valence-corrected chi connectivity index (χ1v) is 9.39. The molecule has 1 saturated carbocycles. The number of H-pyrrole nitrogens is 1. The molecule has 2 saturated heterocycles. The molecule has 1 spiro atoms. The number of aromatic nitrogens is 1. The van der Waals surface area contributed by atoms with Crippen LogP contribution in [0.2, 0.25) is 0 Å². The van der Waals surface area contributed by atoms with Crippen molar-refractivity contribution in [1.82, 2.24) is 14.8 Å². The van der Waals surface area contributed by atoms with Gasteiger partial charge in [-0.05, 0) is 44.2 Å². The number of likely N-dealkylation sites (tertiary alicyclic amines) is 2. The Balaban J connectivity index is 1.49. The van der Waals surface area contributed by atoms with E-state index in [1.165, 1.54) is 12.8 Å². The lowest BCUT2D eigenvalue weighted by Gasteiger charge is -2.49. The van der Waals surface area contributed by atoms with E-state index in [1.807, 2.05) is 17.0 Å². The van der Waals surface area contributed by atoms with Gasteiger partial charge < -0.3 is 14.8 Å². The number of hydrogen-bond acceptors (Lipinski definition) is 2. The molecule has 0 bridgehead atoms. The summed E-state index contributed by atoms with van der Waals surface area (Å²) in [5.74, 6) is 0.434. The van der Waals surface area contributed by atoms with Crippen LogP contribution in [0.4, 0.5) is 0 Å². The summed E-state index contributed by atoms with van der Waals surface area (Å²) in [6.45, 7) is 2.48. The molecule has 5 heteroatoms. The van der Waals surface area contributed by atoms with Crippen molar-refractivity contribution in [3.05, 3.63) is 24.0 Å². The van der Waals surface area contributed by atoms with Crippen molar-refractivity contribution < 1.29 is 9.59 Å². The van der Waals surface area contributed by atoms with E-state index in [9.17, 15) is 9.59 Å². The minimum Gasteiger partial charge on any atom is -0.357 e. The van der Waals surface area contributed by atoms with Crippen molar-refractivity contribution in [3.8, 4) is 0 Å². The fourth-order valence-electron chi connectivity index (χ4n) is 4.94. The van der Waals surface area contributed by atoms with E-state index in [2.05, 4.69) is 9.88 Å². The smallest absolute Gasteiger partial charge is 0.270 e. The van der Waals surface area contributed by atoms with Gasteiger partial charge in [0.15, 0.2) is 0 Å². The maximum Gasteiger partial charge on any atom is 0.270 e. The molecule has 1 aliphatic carbocycles. The Bertz CT molecular complexity index is 606. The number of aromatic amines is 1. The second kappa shape index (κ2) is 6.26. The lowest BCUT2D eigenvalue weighted by molar-refractivity contribution is -0.142. The van der Waals surface area contributed by atoms with Crippen LogP contribution in [0, 0.1) is 5.41 Å². The van der Waals surface area contributed by atoms with Gasteiger partial charge in [0.25, 0.3) is 5.91 Å². The van der Waals surface area contributed by atoms with Crippen LogP contribution in [0.1, 0.15) is 61.9 Å². The van der Waals surface area contributed by atoms with Crippen LogP contribution in [-0.4, -0.2) is 52.3 Å². The summed E-state index contributed by atoms with van der Waals surface area (Å²) in [6, 6.07) is 4.16. The zero-order chi connectivity index (χ0) is 16.6. The number of amides is 2. The first-order chi connectivity index (χ1) is 11.7. The standard InChI is InChI=1S/C19H27N3O2/c23-17-8-10-19(14-22(17)15-5-1-2-6-15)9-4-12-21(13-19)18(24)16-7-3-11-20-16/h3,7,11,15,20H,1-2,4-6,8-10,12-14H2/t19-/m0/s1. The van der Waals surface area contributed by atoms with Crippen LogP contribution in [0.5, 0.6) is 0 Å². The topological polar surface area (TPSA) is 56.4 Å². The summed E-state index contributed by atoms with van der Waals surface area (Å²) >= 11 is 0. The molecule has 5 nitrogen and oxygen atoms in total. The summed E-state index contributed by atoms with van der Waals surface area (Å²) in [5.41, 5.74) is 0.781. The highest BCUT2D eigenvalue weighted by Gasteiger charge is 2.44. The molecule has 1 aromatic rings. The highest BCUT2D eigenvalue weighted by Crippen LogP contribution is 2.41. The van der Waals surface area contributed by atoms with Gasteiger partial charge in [-0.15, -0.1) is 0 Å². The molecule has 24 heavy (non-hydrogen) atoms. The van der Waals surface area contributed by atoms with Crippen LogP contribution in [0.3, 0.4) is 0 Å². The van der Waals surface area contributed by atoms with Gasteiger partial charge in [-0.3, -0.25) is 9.59 Å². The minimum atomic E-state index is 0.100. The molecule has 2 amide bonds. The van der Waals surface area contributed by atoms with E-state index < -0.39 is 0 Å². The summed E-state index contributed by atoms with van der Waals surface area (Å²) in [4.78, 5) is 32.3. The Morgan fingerprint density at radius 1 is 1.17 bits per heavy atom. The Morgan fingerprint density at radius 3 is 2.75 bits per heavy atom. The third-order valence-electron chi connectivity index (χ3n) is 6.24. The van der Waals surface area contributed by atoms with Gasteiger partial charge in [-0.1, -0.05) is 12.8 Å². The SMILES string of the molecule is O=C(c1ccc[nH]1)N1CCC[C@]2(CCC(=O)N(C3CCCC3)C2)C1. The quantitative estimate of drug-likeness (QED) is 0.907. The zero-order valence-corrected chi connectivity index (χ0v) is 14.3. The Morgan fingerprint density at radius 2 is 2.00 bits per heavy atom.